The summed E-state index contributed by atoms with van der Waals surface area (Å²) in [5, 5.41) is 1.22. The van der Waals surface area contributed by atoms with E-state index in [1.165, 1.54) is 17.0 Å². The highest BCUT2D eigenvalue weighted by Crippen LogP contribution is 2.26. The quantitative estimate of drug-likeness (QED) is 0.686. The summed E-state index contributed by atoms with van der Waals surface area (Å²) >= 11 is 1.64. The lowest BCUT2D eigenvalue weighted by molar-refractivity contribution is -0.127. The minimum Gasteiger partial charge on any atom is -0.361 e. The van der Waals surface area contributed by atoms with Crippen LogP contribution in [0.2, 0.25) is 0 Å². The fourth-order valence-corrected chi connectivity index (χ4v) is 4.37. The van der Waals surface area contributed by atoms with Gasteiger partial charge in [0, 0.05) is 41.5 Å². The Hall–Kier alpha value is -2.53. The Balaban J connectivity index is 1.31. The van der Waals surface area contributed by atoms with Crippen LogP contribution in [0.15, 0.2) is 60.8 Å². The van der Waals surface area contributed by atoms with Crippen molar-refractivity contribution in [2.75, 3.05) is 18.8 Å². The molecule has 1 N–H and O–H groups in total. The van der Waals surface area contributed by atoms with Crippen LogP contribution in [-0.2, 0) is 10.5 Å². The van der Waals surface area contributed by atoms with Crippen molar-refractivity contribution < 1.29 is 9.18 Å². The number of aromatic amines is 1. The van der Waals surface area contributed by atoms with E-state index in [9.17, 15) is 9.18 Å². The summed E-state index contributed by atoms with van der Waals surface area (Å²) in [4.78, 5) is 17.6. The number of carbonyl (C=O) groups excluding carboxylic acids is 1. The van der Waals surface area contributed by atoms with Crippen LogP contribution in [0.3, 0.4) is 0 Å². The SMILES string of the molecule is O=C(CSCc1c[nH]c2ccccc12)N1CC=C(c2ccccc2F)CC1. The first kappa shape index (κ1) is 17.9. The van der Waals surface area contributed by atoms with Crippen molar-refractivity contribution in [3.8, 4) is 0 Å². The third-order valence-electron chi connectivity index (χ3n) is 4.94. The second-order valence-corrected chi connectivity index (χ2v) is 7.64. The van der Waals surface area contributed by atoms with Crippen LogP contribution >= 0.6 is 11.8 Å². The number of hydrogen-bond acceptors (Lipinski definition) is 2. The number of aromatic nitrogens is 1. The predicted octanol–water partition coefficient (Wildman–Crippen LogP) is 4.86. The minimum absolute atomic E-state index is 0.142. The summed E-state index contributed by atoms with van der Waals surface area (Å²) in [6.07, 6.45) is 4.69. The summed E-state index contributed by atoms with van der Waals surface area (Å²) in [6, 6.07) is 15.0. The third-order valence-corrected chi connectivity index (χ3v) is 5.91. The van der Waals surface area contributed by atoms with E-state index in [0.29, 0.717) is 30.8 Å². The molecular weight excluding hydrogens is 359 g/mol. The van der Waals surface area contributed by atoms with Crippen molar-refractivity contribution in [3.05, 3.63) is 77.7 Å². The highest BCUT2D eigenvalue weighted by atomic mass is 32.2. The van der Waals surface area contributed by atoms with Crippen molar-refractivity contribution in [2.24, 2.45) is 0 Å². The molecule has 1 aliphatic rings. The molecule has 3 nitrogen and oxygen atoms in total. The maximum Gasteiger partial charge on any atom is 0.232 e. The zero-order valence-corrected chi connectivity index (χ0v) is 15.8. The summed E-state index contributed by atoms with van der Waals surface area (Å²) in [5.41, 5.74) is 3.99. The van der Waals surface area contributed by atoms with E-state index in [1.54, 1.807) is 23.9 Å². The number of thioether (sulfide) groups is 1. The van der Waals surface area contributed by atoms with Crippen LogP contribution in [0.25, 0.3) is 16.5 Å². The van der Waals surface area contributed by atoms with E-state index in [2.05, 4.69) is 17.1 Å². The number of carbonyl (C=O) groups is 1. The van der Waals surface area contributed by atoms with Gasteiger partial charge in [0.1, 0.15) is 5.82 Å². The van der Waals surface area contributed by atoms with Crippen molar-refractivity contribution in [2.45, 2.75) is 12.2 Å². The average molecular weight is 380 g/mol. The van der Waals surface area contributed by atoms with Crippen LogP contribution in [0.4, 0.5) is 4.39 Å². The monoisotopic (exact) mass is 380 g/mol. The number of hydrogen-bond donors (Lipinski definition) is 1. The normalized spacial score (nSPS) is 14.4. The molecule has 4 rings (SSSR count). The number of halogens is 1. The lowest BCUT2D eigenvalue weighted by atomic mass is 9.99. The molecule has 5 heteroatoms. The van der Waals surface area contributed by atoms with Gasteiger partial charge in [0.25, 0.3) is 0 Å². The molecule has 1 amide bonds. The highest BCUT2D eigenvalue weighted by Gasteiger charge is 2.19. The Morgan fingerprint density at radius 2 is 1.96 bits per heavy atom. The zero-order chi connectivity index (χ0) is 18.6. The molecular formula is C22H21FN2OS. The first-order chi connectivity index (χ1) is 13.2. The first-order valence-electron chi connectivity index (χ1n) is 9.07. The molecule has 3 aromatic rings. The molecule has 0 spiro atoms. The second-order valence-electron chi connectivity index (χ2n) is 6.65. The fraction of sp³-hybridized carbons (Fsp3) is 0.227. The summed E-state index contributed by atoms with van der Waals surface area (Å²) < 4.78 is 13.9. The highest BCUT2D eigenvalue weighted by molar-refractivity contribution is 7.99. The molecule has 0 aliphatic carbocycles. The van der Waals surface area contributed by atoms with Gasteiger partial charge in [-0.05, 0) is 29.7 Å². The smallest absolute Gasteiger partial charge is 0.232 e. The van der Waals surface area contributed by atoms with Gasteiger partial charge < -0.3 is 9.88 Å². The molecule has 1 aliphatic heterocycles. The Morgan fingerprint density at radius 3 is 2.78 bits per heavy atom. The van der Waals surface area contributed by atoms with Crippen LogP contribution in [0.1, 0.15) is 17.5 Å². The van der Waals surface area contributed by atoms with Crippen molar-refractivity contribution in [1.29, 1.82) is 0 Å². The van der Waals surface area contributed by atoms with Gasteiger partial charge in [0.05, 0.1) is 5.75 Å². The molecule has 0 saturated heterocycles. The van der Waals surface area contributed by atoms with E-state index in [1.807, 2.05) is 35.4 Å². The maximum atomic E-state index is 13.9. The third kappa shape index (κ3) is 3.93. The van der Waals surface area contributed by atoms with E-state index < -0.39 is 0 Å². The molecule has 0 bridgehead atoms. The number of nitrogens with zero attached hydrogens (tertiary/aromatic N) is 1. The first-order valence-corrected chi connectivity index (χ1v) is 10.2. The summed E-state index contributed by atoms with van der Waals surface area (Å²) in [5.74, 6) is 1.21. The fourth-order valence-electron chi connectivity index (χ4n) is 3.45. The van der Waals surface area contributed by atoms with Crippen molar-refractivity contribution in [1.82, 2.24) is 9.88 Å². The van der Waals surface area contributed by atoms with E-state index in [0.717, 1.165) is 16.8 Å². The van der Waals surface area contributed by atoms with Crippen molar-refractivity contribution >= 4 is 34.1 Å². The van der Waals surface area contributed by atoms with Gasteiger partial charge >= 0.3 is 0 Å². The van der Waals surface area contributed by atoms with Crippen LogP contribution in [-0.4, -0.2) is 34.6 Å². The predicted molar refractivity (Wildman–Crippen MR) is 110 cm³/mol. The lowest BCUT2D eigenvalue weighted by Crippen LogP contribution is -2.35. The standard InChI is InChI=1S/C22H21FN2OS/c23-20-7-3-1-5-18(20)16-9-11-25(12-10-16)22(26)15-27-14-17-13-24-21-8-4-2-6-19(17)21/h1-9,13,24H,10-12,14-15H2. The number of amides is 1. The number of rotatable bonds is 5. The summed E-state index contributed by atoms with van der Waals surface area (Å²) in [7, 11) is 0. The average Bonchev–Trinajstić information content (AvgIpc) is 3.12. The molecule has 0 radical (unpaired) electrons. The number of fused-ring (bicyclic) bond motifs is 1. The van der Waals surface area contributed by atoms with Gasteiger partial charge in [-0.3, -0.25) is 4.79 Å². The van der Waals surface area contributed by atoms with Gasteiger partial charge in [0.15, 0.2) is 0 Å². The number of para-hydroxylation sites is 1. The Morgan fingerprint density at radius 1 is 1.15 bits per heavy atom. The van der Waals surface area contributed by atoms with Crippen LogP contribution in [0.5, 0.6) is 0 Å². The molecule has 27 heavy (non-hydrogen) atoms. The Kier molecular flexibility index (Phi) is 5.30. The van der Waals surface area contributed by atoms with Crippen LogP contribution < -0.4 is 0 Å². The molecule has 0 saturated carbocycles. The topological polar surface area (TPSA) is 36.1 Å². The van der Waals surface area contributed by atoms with Crippen LogP contribution in [0, 0.1) is 5.82 Å². The largest absolute Gasteiger partial charge is 0.361 e. The van der Waals surface area contributed by atoms with E-state index in [4.69, 9.17) is 0 Å². The molecule has 0 unspecified atom stereocenters. The van der Waals surface area contributed by atoms with Gasteiger partial charge in [-0.2, -0.15) is 0 Å². The van der Waals surface area contributed by atoms with Gasteiger partial charge in [-0.25, -0.2) is 4.39 Å². The van der Waals surface area contributed by atoms with Crippen molar-refractivity contribution in [3.63, 3.8) is 0 Å². The molecule has 2 heterocycles. The van der Waals surface area contributed by atoms with Gasteiger partial charge in [-0.1, -0.05) is 42.5 Å². The second kappa shape index (κ2) is 8.01. The number of benzene rings is 2. The maximum absolute atomic E-state index is 13.9. The lowest BCUT2D eigenvalue weighted by Gasteiger charge is -2.26. The summed E-state index contributed by atoms with van der Waals surface area (Å²) in [6.45, 7) is 1.20. The van der Waals surface area contributed by atoms with Gasteiger partial charge in [0.2, 0.25) is 5.91 Å². The molecule has 2 aromatic carbocycles. The molecule has 138 valence electrons. The molecule has 0 atom stereocenters. The Labute approximate surface area is 162 Å². The Bertz CT molecular complexity index is 995. The van der Waals surface area contributed by atoms with E-state index in [-0.39, 0.29) is 11.7 Å². The molecule has 1 aromatic heterocycles. The number of nitrogens with one attached hydrogen (secondary N) is 1. The zero-order valence-electron chi connectivity index (χ0n) is 15.0. The minimum atomic E-state index is -0.196. The van der Waals surface area contributed by atoms with Gasteiger partial charge in [-0.15, -0.1) is 11.8 Å². The number of H-pyrrole nitrogens is 1. The van der Waals surface area contributed by atoms with E-state index >= 15 is 0 Å². The molecule has 0 fully saturated rings.